The van der Waals surface area contributed by atoms with E-state index < -0.39 is 0 Å². The van der Waals surface area contributed by atoms with Crippen molar-refractivity contribution in [1.29, 1.82) is 0 Å². The summed E-state index contributed by atoms with van der Waals surface area (Å²) in [5.41, 5.74) is 0.639. The minimum absolute atomic E-state index is 0.270. The van der Waals surface area contributed by atoms with Crippen LogP contribution in [0.1, 0.15) is 0 Å². The van der Waals surface area contributed by atoms with Gasteiger partial charge in [-0.25, -0.2) is 0 Å². The molecule has 0 aliphatic rings. The molecule has 0 spiro atoms. The first-order valence-electron chi connectivity index (χ1n) is 2.87. The molecule has 0 aliphatic carbocycles. The maximum absolute atomic E-state index is 5.64. The molecule has 11 heavy (non-hydrogen) atoms. The van der Waals surface area contributed by atoms with Crippen LogP contribution in [0.2, 0.25) is 5.22 Å². The zero-order chi connectivity index (χ0) is 7.68. The molecule has 2 aromatic rings. The molecule has 0 aromatic carbocycles. The molecule has 0 fully saturated rings. The summed E-state index contributed by atoms with van der Waals surface area (Å²) in [6, 6.07) is 1.67. The van der Waals surface area contributed by atoms with Gasteiger partial charge < -0.3 is 8.94 Å². The monoisotopic (exact) mass is 170 g/mol. The molecule has 0 radical (unpaired) electrons. The van der Waals surface area contributed by atoms with E-state index in [1.807, 2.05) is 0 Å². The second-order valence-corrected chi connectivity index (χ2v) is 2.21. The lowest BCUT2D eigenvalue weighted by atomic mass is 10.3. The molecule has 0 aliphatic heterocycles. The highest BCUT2D eigenvalue weighted by molar-refractivity contribution is 6.31. The fraction of sp³-hybridized carbons (Fsp3) is 0. The second-order valence-electron chi connectivity index (χ2n) is 1.86. The SMILES string of the molecule is Clc1occc1-c1ncon1. The molecule has 0 saturated heterocycles. The van der Waals surface area contributed by atoms with E-state index in [1.54, 1.807) is 6.07 Å². The van der Waals surface area contributed by atoms with Crippen molar-refractivity contribution in [2.45, 2.75) is 0 Å². The van der Waals surface area contributed by atoms with E-state index in [0.29, 0.717) is 11.4 Å². The van der Waals surface area contributed by atoms with Crippen molar-refractivity contribution in [2.75, 3.05) is 0 Å². The highest BCUT2D eigenvalue weighted by Gasteiger charge is 2.09. The van der Waals surface area contributed by atoms with Gasteiger partial charge >= 0.3 is 0 Å². The quantitative estimate of drug-likeness (QED) is 0.657. The van der Waals surface area contributed by atoms with Gasteiger partial charge in [-0.05, 0) is 17.7 Å². The lowest BCUT2D eigenvalue weighted by Gasteiger charge is -1.84. The number of nitrogens with zero attached hydrogens (tertiary/aromatic N) is 2. The van der Waals surface area contributed by atoms with Crippen molar-refractivity contribution in [3.8, 4) is 11.4 Å². The highest BCUT2D eigenvalue weighted by Crippen LogP contribution is 2.25. The number of halogens is 1. The van der Waals surface area contributed by atoms with Gasteiger partial charge in [-0.2, -0.15) is 4.98 Å². The van der Waals surface area contributed by atoms with E-state index in [0.717, 1.165) is 0 Å². The van der Waals surface area contributed by atoms with Crippen LogP contribution in [0.3, 0.4) is 0 Å². The fourth-order valence-corrected chi connectivity index (χ4v) is 0.941. The molecule has 5 heteroatoms. The van der Waals surface area contributed by atoms with Crippen molar-refractivity contribution in [1.82, 2.24) is 10.1 Å². The van der Waals surface area contributed by atoms with Crippen LogP contribution < -0.4 is 0 Å². The Morgan fingerprint density at radius 1 is 1.45 bits per heavy atom. The van der Waals surface area contributed by atoms with Crippen LogP contribution in [0, 0.1) is 0 Å². The molecule has 2 heterocycles. The van der Waals surface area contributed by atoms with Gasteiger partial charge in [0.15, 0.2) is 0 Å². The Hall–Kier alpha value is -1.29. The van der Waals surface area contributed by atoms with Crippen LogP contribution in [0.5, 0.6) is 0 Å². The number of rotatable bonds is 1. The summed E-state index contributed by atoms with van der Waals surface area (Å²) in [5, 5.41) is 3.86. The Bertz CT molecular complexity index is 341. The third kappa shape index (κ3) is 1.01. The second kappa shape index (κ2) is 2.39. The predicted octanol–water partition coefficient (Wildman–Crippen LogP) is 1.98. The standard InChI is InChI=1S/C6H3ClN2O2/c7-5-4(1-2-10-5)6-8-3-11-9-6/h1-3H. The van der Waals surface area contributed by atoms with Crippen LogP contribution in [0.4, 0.5) is 0 Å². The highest BCUT2D eigenvalue weighted by atomic mass is 35.5. The van der Waals surface area contributed by atoms with Crippen LogP contribution in [-0.4, -0.2) is 10.1 Å². The summed E-state index contributed by atoms with van der Waals surface area (Å²) in [4.78, 5) is 3.80. The van der Waals surface area contributed by atoms with E-state index in [2.05, 4.69) is 14.7 Å². The van der Waals surface area contributed by atoms with E-state index in [9.17, 15) is 0 Å². The first kappa shape index (κ1) is 6.42. The van der Waals surface area contributed by atoms with Gasteiger partial charge in [-0.15, -0.1) is 0 Å². The summed E-state index contributed by atoms with van der Waals surface area (Å²) in [5.74, 6) is 0.434. The molecule has 2 rings (SSSR count). The third-order valence-corrected chi connectivity index (χ3v) is 1.51. The largest absolute Gasteiger partial charge is 0.452 e. The maximum Gasteiger partial charge on any atom is 0.214 e. The summed E-state index contributed by atoms with van der Waals surface area (Å²) in [6.45, 7) is 0. The molecule has 0 unspecified atom stereocenters. The zero-order valence-electron chi connectivity index (χ0n) is 5.32. The van der Waals surface area contributed by atoms with Gasteiger partial charge in [-0.3, -0.25) is 0 Å². The lowest BCUT2D eigenvalue weighted by molar-refractivity contribution is 0.418. The van der Waals surface area contributed by atoms with Crippen LogP contribution in [0.25, 0.3) is 11.4 Å². The molecule has 2 aromatic heterocycles. The van der Waals surface area contributed by atoms with Crippen molar-refractivity contribution in [2.24, 2.45) is 0 Å². The topological polar surface area (TPSA) is 52.1 Å². The normalized spacial score (nSPS) is 10.3. The molecule has 0 atom stereocenters. The Balaban J connectivity index is 2.53. The fourth-order valence-electron chi connectivity index (χ4n) is 0.743. The van der Waals surface area contributed by atoms with Crippen molar-refractivity contribution in [3.05, 3.63) is 23.9 Å². The van der Waals surface area contributed by atoms with Crippen molar-refractivity contribution >= 4 is 11.6 Å². The molecule has 0 amide bonds. The molecular formula is C6H3ClN2O2. The minimum atomic E-state index is 0.270. The van der Waals surface area contributed by atoms with Crippen molar-refractivity contribution < 1.29 is 8.94 Å². The first-order valence-corrected chi connectivity index (χ1v) is 3.25. The number of furan rings is 1. The van der Waals surface area contributed by atoms with Gasteiger partial charge in [-0.1, -0.05) is 5.16 Å². The van der Waals surface area contributed by atoms with Crippen molar-refractivity contribution in [3.63, 3.8) is 0 Å². The summed E-state index contributed by atoms with van der Waals surface area (Å²) < 4.78 is 9.36. The van der Waals surface area contributed by atoms with Gasteiger partial charge in [0.05, 0.1) is 11.8 Å². The summed E-state index contributed by atoms with van der Waals surface area (Å²) in [7, 11) is 0. The molecule has 0 N–H and O–H groups in total. The Labute approximate surface area is 66.8 Å². The minimum Gasteiger partial charge on any atom is -0.452 e. The lowest BCUT2D eigenvalue weighted by Crippen LogP contribution is -1.75. The number of hydrogen-bond acceptors (Lipinski definition) is 4. The van der Waals surface area contributed by atoms with Crippen LogP contribution >= 0.6 is 11.6 Å². The Morgan fingerprint density at radius 2 is 2.36 bits per heavy atom. The molecule has 56 valence electrons. The average molecular weight is 171 g/mol. The van der Waals surface area contributed by atoms with E-state index in [1.165, 1.54) is 12.7 Å². The number of aromatic nitrogens is 2. The van der Waals surface area contributed by atoms with Crippen LogP contribution in [-0.2, 0) is 0 Å². The summed E-state index contributed by atoms with van der Waals surface area (Å²) >= 11 is 5.64. The molecular weight excluding hydrogens is 168 g/mol. The van der Waals surface area contributed by atoms with Gasteiger partial charge in [0.1, 0.15) is 0 Å². The molecule has 4 nitrogen and oxygen atoms in total. The average Bonchev–Trinajstić information content (AvgIpc) is 2.55. The van der Waals surface area contributed by atoms with E-state index >= 15 is 0 Å². The van der Waals surface area contributed by atoms with Crippen LogP contribution in [0.15, 0.2) is 27.7 Å². The predicted molar refractivity (Wildman–Crippen MR) is 37.0 cm³/mol. The number of hydrogen-bond donors (Lipinski definition) is 0. The first-order chi connectivity index (χ1) is 5.38. The smallest absolute Gasteiger partial charge is 0.214 e. The maximum atomic E-state index is 5.64. The Morgan fingerprint density at radius 3 is 2.91 bits per heavy atom. The van der Waals surface area contributed by atoms with Gasteiger partial charge in [0.2, 0.25) is 17.4 Å². The van der Waals surface area contributed by atoms with E-state index in [-0.39, 0.29) is 5.22 Å². The van der Waals surface area contributed by atoms with Gasteiger partial charge in [0, 0.05) is 0 Å². The summed E-state index contributed by atoms with van der Waals surface area (Å²) in [6.07, 6.45) is 2.70. The Kier molecular flexibility index (Phi) is 1.40. The zero-order valence-corrected chi connectivity index (χ0v) is 6.08. The molecule has 0 bridgehead atoms. The third-order valence-electron chi connectivity index (χ3n) is 1.22. The van der Waals surface area contributed by atoms with Gasteiger partial charge in [0.25, 0.3) is 0 Å². The molecule has 0 saturated carbocycles. The van der Waals surface area contributed by atoms with E-state index in [4.69, 9.17) is 16.0 Å².